The average molecular weight is 275 g/mol. The van der Waals surface area contributed by atoms with Gasteiger partial charge in [0.1, 0.15) is 0 Å². The summed E-state index contributed by atoms with van der Waals surface area (Å²) in [5, 5.41) is 0.779. The van der Waals surface area contributed by atoms with E-state index in [1.165, 1.54) is 11.1 Å². The first kappa shape index (κ1) is 14.1. The molecule has 1 atom stereocenters. The lowest BCUT2D eigenvalue weighted by Crippen LogP contribution is -2.29. The zero-order valence-corrected chi connectivity index (χ0v) is 12.0. The van der Waals surface area contributed by atoms with E-state index in [-0.39, 0.29) is 6.04 Å². The van der Waals surface area contributed by atoms with Crippen LogP contribution in [0.3, 0.4) is 0 Å². The second kappa shape index (κ2) is 6.20. The molecule has 0 saturated carbocycles. The van der Waals surface area contributed by atoms with Gasteiger partial charge in [-0.3, -0.25) is 5.84 Å². The summed E-state index contributed by atoms with van der Waals surface area (Å²) in [4.78, 5) is 0. The first-order valence-corrected chi connectivity index (χ1v) is 6.84. The molecule has 19 heavy (non-hydrogen) atoms. The number of nitrogens with two attached hydrogens (primary N) is 1. The van der Waals surface area contributed by atoms with E-state index < -0.39 is 0 Å². The summed E-state index contributed by atoms with van der Waals surface area (Å²) in [6.07, 6.45) is 1.02. The van der Waals surface area contributed by atoms with Crippen molar-refractivity contribution in [2.24, 2.45) is 5.84 Å². The molecule has 1 unspecified atom stereocenters. The van der Waals surface area contributed by atoms with E-state index in [4.69, 9.17) is 17.4 Å². The lowest BCUT2D eigenvalue weighted by molar-refractivity contribution is 0.636. The molecule has 2 rings (SSSR count). The highest BCUT2D eigenvalue weighted by Gasteiger charge is 2.13. The summed E-state index contributed by atoms with van der Waals surface area (Å²) >= 11 is 6.07. The standard InChI is InChI=1S/C16H19ClN2/c1-3-12-5-4-6-13(10-12)16(19-18)14-7-8-15(17)11(2)9-14/h4-10,16,19H,3,18H2,1-2H3. The molecule has 0 aliphatic heterocycles. The van der Waals surface area contributed by atoms with Crippen LogP contribution in [0.25, 0.3) is 0 Å². The summed E-state index contributed by atoms with van der Waals surface area (Å²) < 4.78 is 0. The first-order valence-electron chi connectivity index (χ1n) is 6.46. The highest BCUT2D eigenvalue weighted by molar-refractivity contribution is 6.31. The van der Waals surface area contributed by atoms with Crippen LogP contribution >= 0.6 is 11.6 Å². The van der Waals surface area contributed by atoms with Crippen molar-refractivity contribution >= 4 is 11.6 Å². The Balaban J connectivity index is 2.40. The zero-order chi connectivity index (χ0) is 13.8. The van der Waals surface area contributed by atoms with E-state index in [1.54, 1.807) is 0 Å². The van der Waals surface area contributed by atoms with Gasteiger partial charge in [0.2, 0.25) is 0 Å². The van der Waals surface area contributed by atoms with Crippen LogP contribution in [-0.4, -0.2) is 0 Å². The van der Waals surface area contributed by atoms with Gasteiger partial charge >= 0.3 is 0 Å². The number of hydrogen-bond acceptors (Lipinski definition) is 2. The molecule has 0 fully saturated rings. The van der Waals surface area contributed by atoms with Gasteiger partial charge in [-0.1, -0.05) is 54.9 Å². The molecule has 2 aromatic carbocycles. The van der Waals surface area contributed by atoms with Gasteiger partial charge in [0.25, 0.3) is 0 Å². The van der Waals surface area contributed by atoms with E-state index in [1.807, 2.05) is 19.1 Å². The van der Waals surface area contributed by atoms with Gasteiger partial charge in [-0.2, -0.15) is 0 Å². The molecule has 0 heterocycles. The average Bonchev–Trinajstić information content (AvgIpc) is 2.44. The van der Waals surface area contributed by atoms with Gasteiger partial charge in [0.15, 0.2) is 0 Å². The molecule has 2 aromatic rings. The highest BCUT2D eigenvalue weighted by Crippen LogP contribution is 2.25. The SMILES string of the molecule is CCc1cccc(C(NN)c2ccc(Cl)c(C)c2)c1. The quantitative estimate of drug-likeness (QED) is 0.658. The van der Waals surface area contributed by atoms with Crippen molar-refractivity contribution in [3.63, 3.8) is 0 Å². The summed E-state index contributed by atoms with van der Waals surface area (Å²) in [5.41, 5.74) is 7.55. The molecular formula is C16H19ClN2. The lowest BCUT2D eigenvalue weighted by atomic mass is 9.96. The fourth-order valence-corrected chi connectivity index (χ4v) is 2.34. The minimum Gasteiger partial charge on any atom is -0.271 e. The fourth-order valence-electron chi connectivity index (χ4n) is 2.22. The summed E-state index contributed by atoms with van der Waals surface area (Å²) in [6.45, 7) is 4.15. The van der Waals surface area contributed by atoms with Crippen molar-refractivity contribution < 1.29 is 0 Å². The van der Waals surface area contributed by atoms with Gasteiger partial charge in [-0.05, 0) is 41.7 Å². The maximum atomic E-state index is 6.07. The molecule has 0 saturated heterocycles. The Labute approximate surface area is 119 Å². The van der Waals surface area contributed by atoms with Crippen LogP contribution in [0.15, 0.2) is 42.5 Å². The van der Waals surface area contributed by atoms with Gasteiger partial charge in [0.05, 0.1) is 6.04 Å². The number of hydrogen-bond donors (Lipinski definition) is 2. The Hall–Kier alpha value is -1.35. The Bertz CT molecular complexity index is 566. The number of hydrazine groups is 1. The van der Waals surface area contributed by atoms with Crippen LogP contribution < -0.4 is 11.3 Å². The Morgan fingerprint density at radius 3 is 2.53 bits per heavy atom. The third-order valence-electron chi connectivity index (χ3n) is 3.37. The van der Waals surface area contributed by atoms with E-state index in [9.17, 15) is 0 Å². The number of aryl methyl sites for hydroxylation is 2. The minimum atomic E-state index is -0.0116. The van der Waals surface area contributed by atoms with Crippen molar-refractivity contribution in [2.45, 2.75) is 26.3 Å². The normalized spacial score (nSPS) is 12.4. The molecule has 0 aromatic heterocycles. The molecule has 0 aliphatic rings. The molecule has 0 bridgehead atoms. The fraction of sp³-hybridized carbons (Fsp3) is 0.250. The predicted molar refractivity (Wildman–Crippen MR) is 81.2 cm³/mol. The Morgan fingerprint density at radius 2 is 1.89 bits per heavy atom. The number of halogens is 1. The second-order valence-corrected chi connectivity index (χ2v) is 5.11. The molecular weight excluding hydrogens is 256 g/mol. The third-order valence-corrected chi connectivity index (χ3v) is 3.80. The van der Waals surface area contributed by atoms with Crippen LogP contribution in [0.2, 0.25) is 5.02 Å². The largest absolute Gasteiger partial charge is 0.271 e. The predicted octanol–water partition coefficient (Wildman–Crippen LogP) is 3.76. The molecule has 0 aliphatic carbocycles. The highest BCUT2D eigenvalue weighted by atomic mass is 35.5. The smallest absolute Gasteiger partial charge is 0.0710 e. The van der Waals surface area contributed by atoms with Crippen LogP contribution in [0, 0.1) is 6.92 Å². The van der Waals surface area contributed by atoms with Gasteiger partial charge in [0, 0.05) is 5.02 Å². The number of benzene rings is 2. The maximum absolute atomic E-state index is 6.07. The van der Waals surface area contributed by atoms with Gasteiger partial charge in [-0.25, -0.2) is 5.43 Å². The van der Waals surface area contributed by atoms with Crippen molar-refractivity contribution in [3.8, 4) is 0 Å². The third kappa shape index (κ3) is 3.16. The maximum Gasteiger partial charge on any atom is 0.0710 e. The van der Waals surface area contributed by atoms with Crippen molar-refractivity contribution in [1.82, 2.24) is 5.43 Å². The summed E-state index contributed by atoms with van der Waals surface area (Å²) in [6, 6.07) is 14.5. The molecule has 0 spiro atoms. The number of rotatable bonds is 4. The molecule has 0 radical (unpaired) electrons. The Morgan fingerprint density at radius 1 is 1.16 bits per heavy atom. The van der Waals surface area contributed by atoms with Crippen LogP contribution in [0.1, 0.15) is 35.2 Å². The summed E-state index contributed by atoms with van der Waals surface area (Å²) in [7, 11) is 0. The van der Waals surface area contributed by atoms with Crippen molar-refractivity contribution in [1.29, 1.82) is 0 Å². The molecule has 2 nitrogen and oxygen atoms in total. The van der Waals surface area contributed by atoms with E-state index >= 15 is 0 Å². The van der Waals surface area contributed by atoms with Gasteiger partial charge < -0.3 is 0 Å². The second-order valence-electron chi connectivity index (χ2n) is 4.71. The van der Waals surface area contributed by atoms with Crippen LogP contribution in [-0.2, 0) is 6.42 Å². The zero-order valence-electron chi connectivity index (χ0n) is 11.3. The van der Waals surface area contributed by atoms with Crippen molar-refractivity contribution in [2.75, 3.05) is 0 Å². The monoisotopic (exact) mass is 274 g/mol. The minimum absolute atomic E-state index is 0.0116. The van der Waals surface area contributed by atoms with Gasteiger partial charge in [-0.15, -0.1) is 0 Å². The molecule has 3 heteroatoms. The first-order chi connectivity index (χ1) is 9.15. The van der Waals surface area contributed by atoms with Crippen molar-refractivity contribution in [3.05, 3.63) is 69.7 Å². The van der Waals surface area contributed by atoms with E-state index in [2.05, 4.69) is 42.7 Å². The van der Waals surface area contributed by atoms with Crippen LogP contribution in [0.5, 0.6) is 0 Å². The topological polar surface area (TPSA) is 38.0 Å². The Kier molecular flexibility index (Phi) is 4.59. The lowest BCUT2D eigenvalue weighted by Gasteiger charge is -2.18. The molecule has 3 N–H and O–H groups in total. The molecule has 100 valence electrons. The number of nitrogens with one attached hydrogen (secondary N) is 1. The van der Waals surface area contributed by atoms with E-state index in [0.717, 1.165) is 22.6 Å². The van der Waals surface area contributed by atoms with E-state index in [0.29, 0.717) is 0 Å². The molecule has 0 amide bonds. The summed E-state index contributed by atoms with van der Waals surface area (Å²) in [5.74, 6) is 5.73. The van der Waals surface area contributed by atoms with Crippen LogP contribution in [0.4, 0.5) is 0 Å².